The molecule has 0 bridgehead atoms. The largest absolute Gasteiger partial charge is 0.362 e. The average molecular weight is 400 g/mol. The first-order chi connectivity index (χ1) is 11.6. The monoisotopic (exact) mass is 399 g/mol. The van der Waals surface area contributed by atoms with Crippen LogP contribution in [0.15, 0.2) is 46.7 Å². The molecule has 0 spiro atoms. The molecule has 0 radical (unpaired) electrons. The highest BCUT2D eigenvalue weighted by molar-refractivity contribution is 7.99. The van der Waals surface area contributed by atoms with Crippen molar-refractivity contribution < 1.29 is 0 Å². The second kappa shape index (κ2) is 10.3. The summed E-state index contributed by atoms with van der Waals surface area (Å²) in [7, 11) is 4.18. The number of nitrogens with zero attached hydrogens (tertiary/aromatic N) is 1. The normalized spacial score (nSPS) is 12.2. The molecule has 2 rings (SSSR count). The molecule has 7 heteroatoms. The summed E-state index contributed by atoms with van der Waals surface area (Å²) in [6.07, 6.45) is 0. The molecule has 3 nitrogen and oxygen atoms in total. The smallest absolute Gasteiger partial charge is 0.166 e. The first-order valence-electron chi connectivity index (χ1n) is 7.66. The predicted molar refractivity (Wildman–Crippen MR) is 112 cm³/mol. The van der Waals surface area contributed by atoms with Gasteiger partial charge in [0, 0.05) is 33.6 Å². The van der Waals surface area contributed by atoms with Crippen LogP contribution in [0.1, 0.15) is 10.9 Å². The van der Waals surface area contributed by atoms with E-state index in [1.165, 1.54) is 9.77 Å². The second-order valence-corrected chi connectivity index (χ2v) is 8.43. The maximum Gasteiger partial charge on any atom is 0.166 e. The van der Waals surface area contributed by atoms with E-state index in [1.54, 1.807) is 23.1 Å². The predicted octanol–water partition coefficient (Wildman–Crippen LogP) is 4.26. The Balaban J connectivity index is 1.66. The molecule has 0 aliphatic rings. The quantitative estimate of drug-likeness (QED) is 0.393. The molecule has 0 aliphatic heterocycles. The minimum atomic E-state index is 0.327. The zero-order valence-electron chi connectivity index (χ0n) is 13.8. The van der Waals surface area contributed by atoms with Gasteiger partial charge in [-0.15, -0.1) is 23.1 Å². The number of halogens is 1. The maximum atomic E-state index is 5.88. The number of nitrogens with one attached hydrogen (secondary N) is 2. The first-order valence-corrected chi connectivity index (χ1v) is 10.3. The molecule has 0 amide bonds. The van der Waals surface area contributed by atoms with E-state index in [9.17, 15) is 0 Å². The van der Waals surface area contributed by atoms with Crippen LogP contribution < -0.4 is 10.6 Å². The minimum absolute atomic E-state index is 0.327. The van der Waals surface area contributed by atoms with Crippen LogP contribution in [0.25, 0.3) is 0 Å². The highest BCUT2D eigenvalue weighted by atomic mass is 35.5. The van der Waals surface area contributed by atoms with Crippen molar-refractivity contribution in [2.75, 3.05) is 32.9 Å². The van der Waals surface area contributed by atoms with Gasteiger partial charge < -0.3 is 15.5 Å². The Morgan fingerprint density at radius 3 is 2.62 bits per heavy atom. The lowest BCUT2D eigenvalue weighted by molar-refractivity contribution is 0.303. The van der Waals surface area contributed by atoms with Crippen LogP contribution in [0.5, 0.6) is 0 Å². The third-order valence-electron chi connectivity index (χ3n) is 3.42. The second-order valence-electron chi connectivity index (χ2n) is 5.43. The minimum Gasteiger partial charge on any atom is -0.362 e. The van der Waals surface area contributed by atoms with Crippen molar-refractivity contribution in [3.8, 4) is 0 Å². The van der Waals surface area contributed by atoms with E-state index in [0.29, 0.717) is 11.2 Å². The fourth-order valence-electron chi connectivity index (χ4n) is 2.13. The standard InChI is InChI=1S/C17H22ClN3S3/c1-21(2)15(16-4-3-10-24-16)12-20-17(22)19-9-11-23-14-7-5-13(18)6-8-14/h3-8,10,15H,9,11-12H2,1-2H3,(H2,19,20,22). The molecule has 0 fully saturated rings. The maximum absolute atomic E-state index is 5.88. The Morgan fingerprint density at radius 2 is 2.00 bits per heavy atom. The van der Waals surface area contributed by atoms with Crippen LogP contribution in [0, 0.1) is 0 Å². The summed E-state index contributed by atoms with van der Waals surface area (Å²) in [4.78, 5) is 4.76. The van der Waals surface area contributed by atoms with Crippen LogP contribution in [-0.2, 0) is 0 Å². The van der Waals surface area contributed by atoms with Gasteiger partial charge in [0.1, 0.15) is 0 Å². The summed E-state index contributed by atoms with van der Waals surface area (Å²) < 4.78 is 0. The lowest BCUT2D eigenvalue weighted by Crippen LogP contribution is -2.40. The summed E-state index contributed by atoms with van der Waals surface area (Å²) in [6.45, 7) is 1.62. The fourth-order valence-corrected chi connectivity index (χ4v) is 4.14. The van der Waals surface area contributed by atoms with Crippen molar-refractivity contribution >= 4 is 52.0 Å². The topological polar surface area (TPSA) is 27.3 Å². The van der Waals surface area contributed by atoms with Crippen molar-refractivity contribution in [2.24, 2.45) is 0 Å². The van der Waals surface area contributed by atoms with Gasteiger partial charge in [-0.2, -0.15) is 0 Å². The summed E-state index contributed by atoms with van der Waals surface area (Å²) in [6, 6.07) is 12.5. The van der Waals surface area contributed by atoms with Gasteiger partial charge in [-0.25, -0.2) is 0 Å². The lowest BCUT2D eigenvalue weighted by Gasteiger charge is -2.24. The molecule has 1 heterocycles. The Morgan fingerprint density at radius 1 is 1.25 bits per heavy atom. The molecule has 130 valence electrons. The van der Waals surface area contributed by atoms with Crippen molar-refractivity contribution in [1.29, 1.82) is 0 Å². The zero-order valence-corrected chi connectivity index (χ0v) is 17.0. The number of thiophene rings is 1. The van der Waals surface area contributed by atoms with Crippen molar-refractivity contribution in [2.45, 2.75) is 10.9 Å². The highest BCUT2D eigenvalue weighted by Gasteiger charge is 2.15. The Hall–Kier alpha value is -0.790. The van der Waals surface area contributed by atoms with Gasteiger partial charge in [0.2, 0.25) is 0 Å². The van der Waals surface area contributed by atoms with Crippen LogP contribution in [0.4, 0.5) is 0 Å². The number of hydrogen-bond acceptors (Lipinski definition) is 4. The van der Waals surface area contributed by atoms with Gasteiger partial charge in [0.05, 0.1) is 6.04 Å². The Labute approximate surface area is 162 Å². The summed E-state index contributed by atoms with van der Waals surface area (Å²) >= 11 is 14.8. The van der Waals surface area contributed by atoms with Crippen molar-refractivity contribution in [3.05, 3.63) is 51.7 Å². The van der Waals surface area contributed by atoms with E-state index in [4.69, 9.17) is 23.8 Å². The van der Waals surface area contributed by atoms with E-state index < -0.39 is 0 Å². The van der Waals surface area contributed by atoms with E-state index in [-0.39, 0.29) is 0 Å². The third kappa shape index (κ3) is 6.61. The van der Waals surface area contributed by atoms with Crippen LogP contribution in [0.3, 0.4) is 0 Å². The van der Waals surface area contributed by atoms with Crippen LogP contribution in [-0.4, -0.2) is 43.0 Å². The van der Waals surface area contributed by atoms with Gasteiger partial charge in [-0.3, -0.25) is 0 Å². The highest BCUT2D eigenvalue weighted by Crippen LogP contribution is 2.22. The number of benzene rings is 1. The van der Waals surface area contributed by atoms with Crippen molar-refractivity contribution in [1.82, 2.24) is 15.5 Å². The molecule has 0 saturated heterocycles. The number of likely N-dealkylation sites (N-methyl/N-ethyl adjacent to an activating group) is 1. The van der Waals surface area contributed by atoms with Gasteiger partial charge in [0.25, 0.3) is 0 Å². The van der Waals surface area contributed by atoms with E-state index >= 15 is 0 Å². The molecule has 1 unspecified atom stereocenters. The number of thioether (sulfide) groups is 1. The SMILES string of the molecule is CN(C)C(CNC(=S)NCCSc1ccc(Cl)cc1)c1cccs1. The lowest BCUT2D eigenvalue weighted by atomic mass is 10.2. The molecule has 1 atom stereocenters. The number of hydrogen-bond donors (Lipinski definition) is 2. The molecule has 2 N–H and O–H groups in total. The van der Waals surface area contributed by atoms with Gasteiger partial charge >= 0.3 is 0 Å². The molecule has 2 aromatic rings. The van der Waals surface area contributed by atoms with E-state index in [1.807, 2.05) is 24.3 Å². The Kier molecular flexibility index (Phi) is 8.35. The summed E-state index contributed by atoms with van der Waals surface area (Å²) in [5.41, 5.74) is 0. The summed E-state index contributed by atoms with van der Waals surface area (Å²) in [5, 5.41) is 10.2. The van der Waals surface area contributed by atoms with E-state index in [0.717, 1.165) is 23.9 Å². The number of rotatable bonds is 8. The van der Waals surface area contributed by atoms with Crippen LogP contribution in [0.2, 0.25) is 5.02 Å². The molecule has 1 aromatic heterocycles. The number of thiocarbonyl (C=S) groups is 1. The van der Waals surface area contributed by atoms with Gasteiger partial charge in [-0.1, -0.05) is 17.7 Å². The van der Waals surface area contributed by atoms with Gasteiger partial charge in [-0.05, 0) is 62.0 Å². The Bertz CT molecular complexity index is 615. The molecular weight excluding hydrogens is 378 g/mol. The zero-order chi connectivity index (χ0) is 17.4. The van der Waals surface area contributed by atoms with Gasteiger partial charge in [0.15, 0.2) is 5.11 Å². The van der Waals surface area contributed by atoms with Crippen molar-refractivity contribution in [3.63, 3.8) is 0 Å². The third-order valence-corrected chi connectivity index (χ3v) is 5.95. The first kappa shape index (κ1) is 19.5. The van der Waals surface area contributed by atoms with E-state index in [2.05, 4.69) is 47.1 Å². The average Bonchev–Trinajstić information content (AvgIpc) is 3.07. The fraction of sp³-hybridized carbons (Fsp3) is 0.353. The molecule has 0 saturated carbocycles. The molecule has 1 aromatic carbocycles. The molecule has 0 aliphatic carbocycles. The molecule has 24 heavy (non-hydrogen) atoms. The summed E-state index contributed by atoms with van der Waals surface area (Å²) in [5.74, 6) is 0.950. The molecular formula is C17H22ClN3S3. The van der Waals surface area contributed by atoms with Crippen LogP contribution >= 0.6 is 46.9 Å².